The van der Waals surface area contributed by atoms with Crippen molar-refractivity contribution in [3.05, 3.63) is 17.0 Å². The Balaban J connectivity index is 2.26. The molecule has 0 atom stereocenters. The highest BCUT2D eigenvalue weighted by Gasteiger charge is 2.03. The van der Waals surface area contributed by atoms with Crippen LogP contribution in [0.25, 0.3) is 0 Å². The molecule has 0 aromatic carbocycles. The number of hydrogen-bond acceptors (Lipinski definition) is 5. The van der Waals surface area contributed by atoms with Gasteiger partial charge in [-0.15, -0.1) is 0 Å². The normalized spacial score (nSPS) is 10.1. The van der Waals surface area contributed by atoms with Crippen LogP contribution in [-0.2, 0) is 14.3 Å². The number of anilines is 1. The molecule has 0 aliphatic heterocycles. The van der Waals surface area contributed by atoms with Gasteiger partial charge in [0.15, 0.2) is 5.82 Å². The molecule has 0 aliphatic rings. The molecule has 16 heavy (non-hydrogen) atoms. The monoisotopic (exact) mass is 289 g/mol. The zero-order valence-corrected chi connectivity index (χ0v) is 10.4. The van der Waals surface area contributed by atoms with E-state index in [9.17, 15) is 4.79 Å². The second-order valence-electron chi connectivity index (χ2n) is 2.82. The summed E-state index contributed by atoms with van der Waals surface area (Å²) >= 11 is 3.15. The smallest absolute Gasteiger partial charge is 0.251 e. The van der Waals surface area contributed by atoms with E-state index in [1.807, 2.05) is 0 Å². The summed E-state index contributed by atoms with van der Waals surface area (Å²) in [6.45, 7) is 0.822. The molecule has 1 rings (SSSR count). The number of halogens is 1. The van der Waals surface area contributed by atoms with Gasteiger partial charge in [-0.25, -0.2) is 9.97 Å². The third kappa shape index (κ3) is 5.15. The van der Waals surface area contributed by atoms with E-state index in [4.69, 9.17) is 9.47 Å². The predicted molar refractivity (Wildman–Crippen MR) is 61.1 cm³/mol. The number of methoxy groups -OCH3 is 1. The molecule has 1 heterocycles. The number of nitrogens with one attached hydrogen (secondary N) is 1. The Morgan fingerprint density at radius 2 is 2.25 bits per heavy atom. The fraction of sp³-hybridized carbons (Fsp3) is 0.444. The van der Waals surface area contributed by atoms with E-state index in [1.165, 1.54) is 12.4 Å². The minimum atomic E-state index is -0.271. The summed E-state index contributed by atoms with van der Waals surface area (Å²) in [4.78, 5) is 19.2. The molecule has 0 radical (unpaired) electrons. The largest absolute Gasteiger partial charge is 0.382 e. The molecule has 1 aromatic heterocycles. The van der Waals surface area contributed by atoms with Crippen molar-refractivity contribution in [3.8, 4) is 0 Å². The number of hydrogen-bond donors (Lipinski definition) is 1. The van der Waals surface area contributed by atoms with E-state index >= 15 is 0 Å². The van der Waals surface area contributed by atoms with Gasteiger partial charge in [-0.1, -0.05) is 0 Å². The van der Waals surface area contributed by atoms with Crippen LogP contribution in [-0.4, -0.2) is 42.8 Å². The van der Waals surface area contributed by atoms with Gasteiger partial charge >= 0.3 is 0 Å². The predicted octanol–water partition coefficient (Wildman–Crippen LogP) is 0.841. The summed E-state index contributed by atoms with van der Waals surface area (Å²) in [5.74, 6) is 0.122. The Morgan fingerprint density at radius 3 is 2.88 bits per heavy atom. The van der Waals surface area contributed by atoms with E-state index in [1.54, 1.807) is 7.11 Å². The molecular formula is C9H12BrN3O3. The Kier molecular flexibility index (Phi) is 5.91. The SMILES string of the molecule is COCCOCC(=O)Nc1cnc(Br)cn1. The van der Waals surface area contributed by atoms with Gasteiger partial charge < -0.3 is 14.8 Å². The fourth-order valence-corrected chi connectivity index (χ4v) is 1.07. The lowest BCUT2D eigenvalue weighted by Gasteiger charge is -2.04. The summed E-state index contributed by atoms with van der Waals surface area (Å²) in [7, 11) is 1.57. The number of ether oxygens (including phenoxy) is 2. The molecule has 0 spiro atoms. The second-order valence-corrected chi connectivity index (χ2v) is 3.63. The van der Waals surface area contributed by atoms with Crippen molar-refractivity contribution < 1.29 is 14.3 Å². The molecule has 0 unspecified atom stereocenters. The lowest BCUT2D eigenvalue weighted by Crippen LogP contribution is -2.20. The van der Waals surface area contributed by atoms with E-state index < -0.39 is 0 Å². The highest BCUT2D eigenvalue weighted by molar-refractivity contribution is 9.10. The summed E-state index contributed by atoms with van der Waals surface area (Å²) in [5, 5.41) is 2.55. The van der Waals surface area contributed by atoms with E-state index in [2.05, 4.69) is 31.2 Å². The standard InChI is InChI=1S/C9H12BrN3O3/c1-15-2-3-16-6-9(14)13-8-5-11-7(10)4-12-8/h4-5H,2-3,6H2,1H3,(H,12,13,14). The van der Waals surface area contributed by atoms with Crippen LogP contribution in [0.3, 0.4) is 0 Å². The number of aromatic nitrogens is 2. The van der Waals surface area contributed by atoms with Crippen LogP contribution < -0.4 is 5.32 Å². The average Bonchev–Trinajstić information content (AvgIpc) is 2.28. The first-order valence-corrected chi connectivity index (χ1v) is 5.35. The number of nitrogens with zero attached hydrogens (tertiary/aromatic N) is 2. The van der Waals surface area contributed by atoms with Gasteiger partial charge in [0.05, 0.1) is 25.6 Å². The molecule has 1 amide bonds. The molecule has 0 bridgehead atoms. The maximum absolute atomic E-state index is 11.3. The first-order valence-electron chi connectivity index (χ1n) is 4.56. The molecule has 7 heteroatoms. The molecular weight excluding hydrogens is 278 g/mol. The maximum Gasteiger partial charge on any atom is 0.251 e. The minimum absolute atomic E-state index is 0.0267. The van der Waals surface area contributed by atoms with Crippen LogP contribution in [0.1, 0.15) is 0 Å². The number of carbonyl (C=O) groups excluding carboxylic acids is 1. The van der Waals surface area contributed by atoms with Gasteiger partial charge in [-0.3, -0.25) is 4.79 Å². The maximum atomic E-state index is 11.3. The topological polar surface area (TPSA) is 73.3 Å². The fourth-order valence-electron chi connectivity index (χ4n) is 0.863. The molecule has 0 aliphatic carbocycles. The van der Waals surface area contributed by atoms with Crippen LogP contribution in [0.2, 0.25) is 0 Å². The Morgan fingerprint density at radius 1 is 1.44 bits per heavy atom. The molecule has 1 aromatic rings. The van der Waals surface area contributed by atoms with Crippen molar-refractivity contribution in [3.63, 3.8) is 0 Å². The van der Waals surface area contributed by atoms with Crippen LogP contribution in [0, 0.1) is 0 Å². The highest BCUT2D eigenvalue weighted by atomic mass is 79.9. The molecule has 88 valence electrons. The average molecular weight is 290 g/mol. The molecule has 0 saturated heterocycles. The number of carbonyl (C=O) groups is 1. The summed E-state index contributed by atoms with van der Waals surface area (Å²) < 4.78 is 10.4. The van der Waals surface area contributed by atoms with Crippen molar-refractivity contribution in [2.24, 2.45) is 0 Å². The van der Waals surface area contributed by atoms with E-state index in [0.29, 0.717) is 23.6 Å². The van der Waals surface area contributed by atoms with Crippen LogP contribution >= 0.6 is 15.9 Å². The summed E-state index contributed by atoms with van der Waals surface area (Å²) in [5.41, 5.74) is 0. The van der Waals surface area contributed by atoms with Gasteiger partial charge in [0, 0.05) is 7.11 Å². The van der Waals surface area contributed by atoms with Gasteiger partial charge in [0.25, 0.3) is 5.91 Å². The quantitative estimate of drug-likeness (QED) is 0.786. The third-order valence-corrected chi connectivity index (χ3v) is 1.96. The highest BCUT2D eigenvalue weighted by Crippen LogP contribution is 2.05. The van der Waals surface area contributed by atoms with Crippen molar-refractivity contribution in [1.82, 2.24) is 9.97 Å². The first kappa shape index (κ1) is 13.0. The molecule has 0 saturated carbocycles. The van der Waals surface area contributed by atoms with E-state index in [0.717, 1.165) is 0 Å². The van der Waals surface area contributed by atoms with Crippen molar-refractivity contribution in [2.75, 3.05) is 32.2 Å². The summed E-state index contributed by atoms with van der Waals surface area (Å²) in [6, 6.07) is 0. The van der Waals surface area contributed by atoms with Crippen LogP contribution in [0.15, 0.2) is 17.0 Å². The minimum Gasteiger partial charge on any atom is -0.382 e. The summed E-state index contributed by atoms with van der Waals surface area (Å²) in [6.07, 6.45) is 2.96. The van der Waals surface area contributed by atoms with Gasteiger partial charge in [-0.2, -0.15) is 0 Å². The van der Waals surface area contributed by atoms with Crippen LogP contribution in [0.5, 0.6) is 0 Å². The lowest BCUT2D eigenvalue weighted by molar-refractivity contribution is -0.121. The Labute approximate surface area is 102 Å². The van der Waals surface area contributed by atoms with Gasteiger partial charge in [0.2, 0.25) is 0 Å². The third-order valence-electron chi connectivity index (χ3n) is 1.55. The second kappa shape index (κ2) is 7.26. The van der Waals surface area contributed by atoms with Gasteiger partial charge in [0.1, 0.15) is 11.2 Å². The molecule has 6 nitrogen and oxygen atoms in total. The van der Waals surface area contributed by atoms with Crippen LogP contribution in [0.4, 0.5) is 5.82 Å². The van der Waals surface area contributed by atoms with E-state index in [-0.39, 0.29) is 12.5 Å². The zero-order valence-electron chi connectivity index (χ0n) is 8.77. The van der Waals surface area contributed by atoms with Gasteiger partial charge in [-0.05, 0) is 15.9 Å². The van der Waals surface area contributed by atoms with Crippen molar-refractivity contribution in [2.45, 2.75) is 0 Å². The first-order chi connectivity index (χ1) is 7.72. The van der Waals surface area contributed by atoms with Crippen molar-refractivity contribution in [1.29, 1.82) is 0 Å². The number of amides is 1. The Bertz CT molecular complexity index is 331. The molecule has 1 N–H and O–H groups in total. The van der Waals surface area contributed by atoms with Crippen molar-refractivity contribution >= 4 is 27.7 Å². The Hall–Kier alpha value is -1.05. The zero-order chi connectivity index (χ0) is 11.8. The number of rotatable bonds is 6. The molecule has 0 fully saturated rings. The lowest BCUT2D eigenvalue weighted by atomic mass is 10.6.